The number of aryl methyl sites for hydroxylation is 2. The summed E-state index contributed by atoms with van der Waals surface area (Å²) >= 11 is 0. The zero-order chi connectivity index (χ0) is 20.4. The summed E-state index contributed by atoms with van der Waals surface area (Å²) in [5, 5.41) is 0. The molecular weight excluding hydrogens is 365 g/mol. The first-order valence-corrected chi connectivity index (χ1v) is 10.6. The zero-order valence-corrected chi connectivity index (χ0v) is 17.4. The van der Waals surface area contributed by atoms with Crippen LogP contribution in [0.4, 0.5) is 10.1 Å². The molecule has 154 valence electrons. The van der Waals surface area contributed by atoms with E-state index in [1.54, 1.807) is 0 Å². The summed E-state index contributed by atoms with van der Waals surface area (Å²) in [6.45, 7) is 9.57. The molecule has 1 atom stereocenters. The van der Waals surface area contributed by atoms with Gasteiger partial charge in [-0.25, -0.2) is 4.39 Å². The van der Waals surface area contributed by atoms with E-state index in [1.807, 2.05) is 36.1 Å². The van der Waals surface area contributed by atoms with Gasteiger partial charge in [-0.3, -0.25) is 9.69 Å². The average molecular weight is 396 g/mol. The van der Waals surface area contributed by atoms with E-state index in [2.05, 4.69) is 22.8 Å². The molecule has 0 saturated carbocycles. The van der Waals surface area contributed by atoms with Crippen LogP contribution in [0.25, 0.3) is 0 Å². The Morgan fingerprint density at radius 1 is 0.966 bits per heavy atom. The Balaban J connectivity index is 1.36. The monoisotopic (exact) mass is 395 g/mol. The molecule has 1 amide bonds. The summed E-state index contributed by atoms with van der Waals surface area (Å²) in [4.78, 5) is 20.0. The van der Waals surface area contributed by atoms with Crippen molar-refractivity contribution in [1.82, 2.24) is 9.80 Å². The van der Waals surface area contributed by atoms with Crippen molar-refractivity contribution in [3.63, 3.8) is 0 Å². The summed E-state index contributed by atoms with van der Waals surface area (Å²) in [6.07, 6.45) is 2.20. The van der Waals surface area contributed by atoms with Gasteiger partial charge in [-0.2, -0.15) is 0 Å². The molecule has 2 heterocycles. The molecule has 0 radical (unpaired) electrons. The van der Waals surface area contributed by atoms with Gasteiger partial charge in [-0.05, 0) is 62.6 Å². The number of carbonyl (C=O) groups is 1. The first-order chi connectivity index (χ1) is 14.0. The van der Waals surface area contributed by atoms with Crippen LogP contribution in [0, 0.1) is 19.7 Å². The van der Waals surface area contributed by atoms with Crippen LogP contribution in [0.1, 0.15) is 34.3 Å². The van der Waals surface area contributed by atoms with Crippen molar-refractivity contribution >= 4 is 11.6 Å². The van der Waals surface area contributed by atoms with E-state index in [0.717, 1.165) is 68.9 Å². The van der Waals surface area contributed by atoms with Crippen LogP contribution in [0.5, 0.6) is 0 Å². The third-order valence-corrected chi connectivity index (χ3v) is 6.32. The number of piperazine rings is 1. The van der Waals surface area contributed by atoms with Gasteiger partial charge < -0.3 is 9.80 Å². The molecule has 2 aliphatic heterocycles. The van der Waals surface area contributed by atoms with Crippen molar-refractivity contribution in [1.29, 1.82) is 0 Å². The topological polar surface area (TPSA) is 26.8 Å². The summed E-state index contributed by atoms with van der Waals surface area (Å²) in [5.74, 6) is -0.0275. The molecule has 0 N–H and O–H groups in total. The second-order valence-electron chi connectivity index (χ2n) is 8.37. The largest absolute Gasteiger partial charge is 0.369 e. The lowest BCUT2D eigenvalue weighted by Crippen LogP contribution is -2.56. The Labute approximate surface area is 172 Å². The molecule has 2 aliphatic rings. The fourth-order valence-electron chi connectivity index (χ4n) is 4.66. The Bertz CT molecular complexity index is 859. The molecule has 0 bridgehead atoms. The molecule has 0 unspecified atom stereocenters. The van der Waals surface area contributed by atoms with Crippen molar-refractivity contribution < 1.29 is 9.18 Å². The Kier molecular flexibility index (Phi) is 5.86. The van der Waals surface area contributed by atoms with Crippen LogP contribution in [0.2, 0.25) is 0 Å². The molecule has 0 aromatic heterocycles. The highest BCUT2D eigenvalue weighted by Gasteiger charge is 2.30. The first kappa shape index (κ1) is 19.9. The number of hydrogen-bond donors (Lipinski definition) is 0. The van der Waals surface area contributed by atoms with Gasteiger partial charge >= 0.3 is 0 Å². The summed E-state index contributed by atoms with van der Waals surface area (Å²) in [6, 6.07) is 13.3. The molecular formula is C24H30FN3O. The summed E-state index contributed by atoms with van der Waals surface area (Å²) in [7, 11) is 0. The van der Waals surface area contributed by atoms with Gasteiger partial charge in [-0.15, -0.1) is 0 Å². The van der Waals surface area contributed by atoms with E-state index < -0.39 is 0 Å². The van der Waals surface area contributed by atoms with Crippen LogP contribution in [-0.2, 0) is 0 Å². The van der Waals surface area contributed by atoms with E-state index in [-0.39, 0.29) is 11.7 Å². The van der Waals surface area contributed by atoms with Crippen molar-refractivity contribution in [2.45, 2.75) is 32.7 Å². The van der Waals surface area contributed by atoms with Crippen molar-refractivity contribution in [2.24, 2.45) is 0 Å². The number of hydrogen-bond acceptors (Lipinski definition) is 3. The van der Waals surface area contributed by atoms with Crippen LogP contribution < -0.4 is 4.90 Å². The van der Waals surface area contributed by atoms with Crippen molar-refractivity contribution in [3.05, 3.63) is 65.0 Å². The minimum Gasteiger partial charge on any atom is -0.369 e. The SMILES string of the molecule is Cc1ccc(C(=O)N2CCC[C@H](N3CCN(c4ccc(F)cc4)CC3)C2)c(C)c1. The standard InChI is InChI=1S/C24H30FN3O/c1-18-5-10-23(19(2)16-18)24(29)28-11-3-4-22(17-28)27-14-12-26(13-15-27)21-8-6-20(25)7-9-21/h5-10,16,22H,3-4,11-15,17H2,1-2H3/t22-/m0/s1. The highest BCUT2D eigenvalue weighted by atomic mass is 19.1. The number of rotatable bonds is 3. The van der Waals surface area contributed by atoms with Gasteiger partial charge in [0.2, 0.25) is 0 Å². The van der Waals surface area contributed by atoms with Crippen molar-refractivity contribution in [3.8, 4) is 0 Å². The maximum absolute atomic E-state index is 13.2. The second kappa shape index (κ2) is 8.54. The fraction of sp³-hybridized carbons (Fsp3) is 0.458. The quantitative estimate of drug-likeness (QED) is 0.789. The van der Waals surface area contributed by atoms with Gasteiger partial charge in [-0.1, -0.05) is 17.7 Å². The lowest BCUT2D eigenvalue weighted by molar-refractivity contribution is 0.0563. The smallest absolute Gasteiger partial charge is 0.254 e. The minimum atomic E-state index is -0.192. The summed E-state index contributed by atoms with van der Waals surface area (Å²) in [5.41, 5.74) is 4.17. The molecule has 2 aromatic rings. The maximum Gasteiger partial charge on any atom is 0.254 e. The van der Waals surface area contributed by atoms with Gasteiger partial charge in [0.05, 0.1) is 0 Å². The van der Waals surface area contributed by atoms with Crippen LogP contribution in [-0.4, -0.2) is 61.0 Å². The van der Waals surface area contributed by atoms with E-state index in [1.165, 1.54) is 17.7 Å². The zero-order valence-electron chi connectivity index (χ0n) is 17.4. The number of nitrogens with zero attached hydrogens (tertiary/aromatic N) is 3. The van der Waals surface area contributed by atoms with E-state index in [0.29, 0.717) is 6.04 Å². The third kappa shape index (κ3) is 4.45. The van der Waals surface area contributed by atoms with Crippen LogP contribution in [0.15, 0.2) is 42.5 Å². The number of halogens is 1. The normalized spacial score (nSPS) is 20.7. The van der Waals surface area contributed by atoms with Crippen LogP contribution >= 0.6 is 0 Å². The lowest BCUT2D eigenvalue weighted by Gasteiger charge is -2.44. The Morgan fingerprint density at radius 2 is 1.69 bits per heavy atom. The Hall–Kier alpha value is -2.40. The number of amides is 1. The first-order valence-electron chi connectivity index (χ1n) is 10.6. The number of benzene rings is 2. The predicted molar refractivity (Wildman–Crippen MR) is 115 cm³/mol. The average Bonchev–Trinajstić information content (AvgIpc) is 2.74. The highest BCUT2D eigenvalue weighted by Crippen LogP contribution is 2.23. The number of anilines is 1. The molecule has 5 heteroatoms. The number of carbonyl (C=O) groups excluding carboxylic acids is 1. The molecule has 4 rings (SSSR count). The maximum atomic E-state index is 13.2. The molecule has 4 nitrogen and oxygen atoms in total. The minimum absolute atomic E-state index is 0.164. The molecule has 2 saturated heterocycles. The van der Waals surface area contributed by atoms with E-state index >= 15 is 0 Å². The van der Waals surface area contributed by atoms with Gasteiger partial charge in [0.25, 0.3) is 5.91 Å². The van der Waals surface area contributed by atoms with Gasteiger partial charge in [0, 0.05) is 56.6 Å². The van der Waals surface area contributed by atoms with Crippen molar-refractivity contribution in [2.75, 3.05) is 44.2 Å². The molecule has 29 heavy (non-hydrogen) atoms. The van der Waals surface area contributed by atoms with E-state index in [4.69, 9.17) is 0 Å². The van der Waals surface area contributed by atoms with E-state index in [9.17, 15) is 9.18 Å². The van der Waals surface area contributed by atoms with Crippen LogP contribution in [0.3, 0.4) is 0 Å². The predicted octanol–water partition coefficient (Wildman–Crippen LogP) is 3.87. The molecule has 2 fully saturated rings. The van der Waals surface area contributed by atoms with Gasteiger partial charge in [0.15, 0.2) is 0 Å². The fourth-order valence-corrected chi connectivity index (χ4v) is 4.66. The Morgan fingerprint density at radius 3 is 2.38 bits per heavy atom. The second-order valence-corrected chi connectivity index (χ2v) is 8.37. The number of piperidine rings is 1. The third-order valence-electron chi connectivity index (χ3n) is 6.32. The number of likely N-dealkylation sites (tertiary alicyclic amines) is 1. The highest BCUT2D eigenvalue weighted by molar-refractivity contribution is 5.95. The molecule has 2 aromatic carbocycles. The molecule has 0 aliphatic carbocycles. The summed E-state index contributed by atoms with van der Waals surface area (Å²) < 4.78 is 13.2. The van der Waals surface area contributed by atoms with Gasteiger partial charge in [0.1, 0.15) is 5.82 Å². The lowest BCUT2D eigenvalue weighted by atomic mass is 10.00. The molecule has 0 spiro atoms.